The number of primary amides is 1. The molecule has 1 aromatic carbocycles. The fourth-order valence-corrected chi connectivity index (χ4v) is 1.88. The molecular weight excluding hydrogens is 310 g/mol. The molecule has 0 aliphatic rings. The second-order valence-corrected chi connectivity index (χ2v) is 5.54. The van der Waals surface area contributed by atoms with Crippen molar-refractivity contribution >= 4 is 33.6 Å². The van der Waals surface area contributed by atoms with Gasteiger partial charge < -0.3 is 16.4 Å². The van der Waals surface area contributed by atoms with E-state index in [2.05, 4.69) is 26.6 Å². The highest BCUT2D eigenvalue weighted by Crippen LogP contribution is 2.20. The van der Waals surface area contributed by atoms with Crippen molar-refractivity contribution < 1.29 is 9.59 Å². The molecule has 4 N–H and O–H groups in total. The average molecular weight is 328 g/mol. The molecule has 104 valence electrons. The zero-order chi connectivity index (χ0) is 14.6. The molecule has 0 fully saturated rings. The molecule has 1 atom stereocenters. The van der Waals surface area contributed by atoms with Crippen LogP contribution in [0, 0.1) is 12.8 Å². The van der Waals surface area contributed by atoms with Gasteiger partial charge in [0.2, 0.25) is 5.91 Å². The van der Waals surface area contributed by atoms with Crippen LogP contribution in [0.1, 0.15) is 19.4 Å². The highest BCUT2D eigenvalue weighted by atomic mass is 79.9. The Morgan fingerprint density at radius 2 is 1.95 bits per heavy atom. The predicted octanol–water partition coefficient (Wildman–Crippen LogP) is 2.39. The average Bonchev–Trinajstić information content (AvgIpc) is 2.30. The molecule has 3 amide bonds. The fraction of sp³-hybridized carbons (Fsp3) is 0.385. The van der Waals surface area contributed by atoms with E-state index in [1.807, 2.05) is 32.9 Å². The lowest BCUT2D eigenvalue weighted by molar-refractivity contribution is -0.118. The molecule has 0 aliphatic carbocycles. The third-order valence-electron chi connectivity index (χ3n) is 2.67. The van der Waals surface area contributed by atoms with E-state index in [-0.39, 0.29) is 11.8 Å². The Balaban J connectivity index is 2.81. The molecule has 5 nitrogen and oxygen atoms in total. The molecule has 6 heteroatoms. The summed E-state index contributed by atoms with van der Waals surface area (Å²) in [7, 11) is 0. The number of hydrogen-bond donors (Lipinski definition) is 3. The standard InChI is InChI=1S/C13H18BrN3O2/c1-7(2)11(17-13(15)19)12(18)16-9-4-5-10(14)8(3)6-9/h4-7,11H,1-3H3,(H,16,18)(H3,15,17,19). The second kappa shape index (κ2) is 6.56. The van der Waals surface area contributed by atoms with E-state index in [1.54, 1.807) is 6.07 Å². The van der Waals surface area contributed by atoms with Crippen LogP contribution in [0.25, 0.3) is 0 Å². The Bertz CT molecular complexity index is 489. The summed E-state index contributed by atoms with van der Waals surface area (Å²) >= 11 is 3.39. The highest BCUT2D eigenvalue weighted by molar-refractivity contribution is 9.10. The van der Waals surface area contributed by atoms with E-state index >= 15 is 0 Å². The van der Waals surface area contributed by atoms with Crippen LogP contribution < -0.4 is 16.4 Å². The van der Waals surface area contributed by atoms with E-state index in [0.29, 0.717) is 5.69 Å². The Labute approximate surface area is 121 Å². The molecule has 0 bridgehead atoms. The van der Waals surface area contributed by atoms with Crippen LogP contribution in [0.5, 0.6) is 0 Å². The number of nitrogens with two attached hydrogens (primary N) is 1. The number of carbonyl (C=O) groups is 2. The molecule has 0 aromatic heterocycles. The molecule has 0 spiro atoms. The van der Waals surface area contributed by atoms with Crippen molar-refractivity contribution in [3.05, 3.63) is 28.2 Å². The summed E-state index contributed by atoms with van der Waals surface area (Å²) in [5.41, 5.74) is 6.77. The van der Waals surface area contributed by atoms with Crippen molar-refractivity contribution in [1.82, 2.24) is 5.32 Å². The van der Waals surface area contributed by atoms with Crippen molar-refractivity contribution in [2.24, 2.45) is 11.7 Å². The van der Waals surface area contributed by atoms with Crippen LogP contribution in [0.15, 0.2) is 22.7 Å². The van der Waals surface area contributed by atoms with E-state index in [9.17, 15) is 9.59 Å². The van der Waals surface area contributed by atoms with Gasteiger partial charge in [-0.25, -0.2) is 4.79 Å². The molecule has 0 radical (unpaired) electrons. The van der Waals surface area contributed by atoms with Gasteiger partial charge in [0.05, 0.1) is 0 Å². The first kappa shape index (κ1) is 15.5. The lowest BCUT2D eigenvalue weighted by atomic mass is 10.0. The van der Waals surface area contributed by atoms with Crippen LogP contribution in [0.4, 0.5) is 10.5 Å². The molecule has 0 aliphatic heterocycles. The number of hydrogen-bond acceptors (Lipinski definition) is 2. The van der Waals surface area contributed by atoms with Crippen molar-refractivity contribution in [3.63, 3.8) is 0 Å². The monoisotopic (exact) mass is 327 g/mol. The Hall–Kier alpha value is -1.56. The number of carbonyl (C=O) groups excluding carboxylic acids is 2. The molecule has 19 heavy (non-hydrogen) atoms. The lowest BCUT2D eigenvalue weighted by Crippen LogP contribution is -2.49. The molecule has 0 saturated heterocycles. The summed E-state index contributed by atoms with van der Waals surface area (Å²) in [5, 5.41) is 5.21. The molecule has 1 aromatic rings. The van der Waals surface area contributed by atoms with Crippen molar-refractivity contribution in [2.75, 3.05) is 5.32 Å². The van der Waals surface area contributed by atoms with Gasteiger partial charge in [0, 0.05) is 10.2 Å². The zero-order valence-electron chi connectivity index (χ0n) is 11.2. The van der Waals surface area contributed by atoms with E-state index in [4.69, 9.17) is 5.73 Å². The van der Waals surface area contributed by atoms with Crippen LogP contribution in [0.3, 0.4) is 0 Å². The Kier molecular flexibility index (Phi) is 5.35. The van der Waals surface area contributed by atoms with E-state index < -0.39 is 12.1 Å². The van der Waals surface area contributed by atoms with Gasteiger partial charge in [-0.2, -0.15) is 0 Å². The van der Waals surface area contributed by atoms with Gasteiger partial charge in [0.15, 0.2) is 0 Å². The first-order valence-corrected chi connectivity index (χ1v) is 6.73. The Morgan fingerprint density at radius 3 is 2.42 bits per heavy atom. The molecule has 0 saturated carbocycles. The first-order valence-electron chi connectivity index (χ1n) is 5.94. The summed E-state index contributed by atoms with van der Waals surface area (Å²) < 4.78 is 0.973. The van der Waals surface area contributed by atoms with Crippen LogP contribution >= 0.6 is 15.9 Å². The molecule has 1 rings (SSSR count). The van der Waals surface area contributed by atoms with E-state index in [1.165, 1.54) is 0 Å². The Morgan fingerprint density at radius 1 is 1.32 bits per heavy atom. The van der Waals surface area contributed by atoms with Gasteiger partial charge in [0.25, 0.3) is 0 Å². The SMILES string of the molecule is Cc1cc(NC(=O)C(NC(N)=O)C(C)C)ccc1Br. The van der Waals surface area contributed by atoms with Gasteiger partial charge in [-0.05, 0) is 36.6 Å². The molecule has 0 heterocycles. The van der Waals surface area contributed by atoms with Crippen LogP contribution in [-0.4, -0.2) is 18.0 Å². The lowest BCUT2D eigenvalue weighted by Gasteiger charge is -2.20. The normalized spacial score (nSPS) is 12.1. The van der Waals surface area contributed by atoms with Gasteiger partial charge >= 0.3 is 6.03 Å². The van der Waals surface area contributed by atoms with Gasteiger partial charge in [-0.15, -0.1) is 0 Å². The minimum Gasteiger partial charge on any atom is -0.352 e. The van der Waals surface area contributed by atoms with Crippen LogP contribution in [0.2, 0.25) is 0 Å². The highest BCUT2D eigenvalue weighted by Gasteiger charge is 2.23. The topological polar surface area (TPSA) is 84.2 Å². The minimum atomic E-state index is -0.708. The third kappa shape index (κ3) is 4.55. The van der Waals surface area contributed by atoms with Gasteiger partial charge in [0.1, 0.15) is 6.04 Å². The van der Waals surface area contributed by atoms with Crippen molar-refractivity contribution in [3.8, 4) is 0 Å². The number of halogens is 1. The number of amides is 3. The quantitative estimate of drug-likeness (QED) is 0.793. The van der Waals surface area contributed by atoms with Gasteiger partial charge in [-0.3, -0.25) is 4.79 Å². The van der Waals surface area contributed by atoms with Crippen LogP contribution in [-0.2, 0) is 4.79 Å². The number of nitrogens with one attached hydrogen (secondary N) is 2. The number of anilines is 1. The molecule has 1 unspecified atom stereocenters. The number of aryl methyl sites for hydroxylation is 1. The third-order valence-corrected chi connectivity index (χ3v) is 3.56. The van der Waals surface area contributed by atoms with Crippen molar-refractivity contribution in [2.45, 2.75) is 26.8 Å². The molecular formula is C13H18BrN3O2. The van der Waals surface area contributed by atoms with Gasteiger partial charge in [-0.1, -0.05) is 29.8 Å². The second-order valence-electron chi connectivity index (χ2n) is 4.68. The minimum absolute atomic E-state index is 0.0518. The van der Waals surface area contributed by atoms with E-state index in [0.717, 1.165) is 10.0 Å². The predicted molar refractivity (Wildman–Crippen MR) is 78.9 cm³/mol. The largest absolute Gasteiger partial charge is 0.352 e. The smallest absolute Gasteiger partial charge is 0.312 e. The summed E-state index contributed by atoms with van der Waals surface area (Å²) in [6, 6.07) is 4.14. The number of urea groups is 1. The van der Waals surface area contributed by atoms with Crippen molar-refractivity contribution in [1.29, 1.82) is 0 Å². The summed E-state index contributed by atoms with van der Waals surface area (Å²) in [6.45, 7) is 5.61. The first-order chi connectivity index (χ1) is 8.81. The maximum Gasteiger partial charge on any atom is 0.312 e. The summed E-state index contributed by atoms with van der Waals surface area (Å²) in [4.78, 5) is 23.0. The maximum absolute atomic E-state index is 12.1. The number of rotatable bonds is 4. The summed E-state index contributed by atoms with van der Waals surface area (Å²) in [5.74, 6) is -0.334. The zero-order valence-corrected chi connectivity index (χ0v) is 12.7. The maximum atomic E-state index is 12.1. The number of benzene rings is 1. The summed E-state index contributed by atoms with van der Waals surface area (Å²) in [6.07, 6.45) is 0. The fourth-order valence-electron chi connectivity index (χ4n) is 1.63.